The second-order valence-corrected chi connectivity index (χ2v) is 2.90. The van der Waals surface area contributed by atoms with E-state index in [2.05, 4.69) is 0 Å². The smallest absolute Gasteiger partial charge is 0.259 e. The summed E-state index contributed by atoms with van der Waals surface area (Å²) in [6.07, 6.45) is 0. The van der Waals surface area contributed by atoms with Crippen molar-refractivity contribution in [2.24, 2.45) is 0 Å². The van der Waals surface area contributed by atoms with E-state index in [1.807, 2.05) is 6.07 Å². The third-order valence-corrected chi connectivity index (χ3v) is 2.11. The van der Waals surface area contributed by atoms with Gasteiger partial charge in [0.1, 0.15) is 5.03 Å². The molecule has 0 heterocycles. The molecule has 0 bridgehead atoms. The number of allylic oxidation sites excluding steroid dienone is 1. The molecule has 0 aliphatic heterocycles. The molecular weight excluding hydrogens is 190 g/mol. The Balaban J connectivity index is 3.11. The van der Waals surface area contributed by atoms with E-state index in [0.717, 1.165) is 0 Å². The third kappa shape index (κ3) is 2.29. The third-order valence-electron chi connectivity index (χ3n) is 1.62. The first-order valence-electron chi connectivity index (χ1n) is 3.69. The van der Waals surface area contributed by atoms with Crippen LogP contribution in [-0.4, -0.2) is 4.92 Å². The number of nitrogens with zero attached hydrogens (tertiary/aromatic N) is 1. The molecule has 0 saturated heterocycles. The van der Waals surface area contributed by atoms with Crippen molar-refractivity contribution in [3.8, 4) is 0 Å². The first-order valence-corrected chi connectivity index (χ1v) is 4.07. The predicted molar refractivity (Wildman–Crippen MR) is 51.9 cm³/mol. The molecule has 0 saturated carbocycles. The Kier molecular flexibility index (Phi) is 3.03. The minimum Gasteiger partial charge on any atom is -0.259 e. The minimum absolute atomic E-state index is 0.0344. The first kappa shape index (κ1) is 9.74. The fourth-order valence-electron chi connectivity index (χ4n) is 0.874. The molecule has 4 heteroatoms. The van der Waals surface area contributed by atoms with Crippen LogP contribution < -0.4 is 0 Å². The quantitative estimate of drug-likeness (QED) is 0.541. The molecule has 0 unspecified atom stereocenters. The van der Waals surface area contributed by atoms with Gasteiger partial charge in [0, 0.05) is 6.92 Å². The van der Waals surface area contributed by atoms with Crippen molar-refractivity contribution in [2.75, 3.05) is 0 Å². The summed E-state index contributed by atoms with van der Waals surface area (Å²) in [6, 6.07) is 8.86. The molecule has 0 spiro atoms. The lowest BCUT2D eigenvalue weighted by molar-refractivity contribution is -0.423. The topological polar surface area (TPSA) is 43.1 Å². The van der Waals surface area contributed by atoms with Gasteiger partial charge in [0.2, 0.25) is 0 Å². The van der Waals surface area contributed by atoms with E-state index in [-0.39, 0.29) is 10.7 Å². The normalized spacial score (nSPS) is 12.2. The zero-order valence-electron chi connectivity index (χ0n) is 7.03. The zero-order valence-corrected chi connectivity index (χ0v) is 7.78. The lowest BCUT2D eigenvalue weighted by atomic mass is 10.2. The molecule has 13 heavy (non-hydrogen) atoms. The average molecular weight is 198 g/mol. The highest BCUT2D eigenvalue weighted by molar-refractivity contribution is 6.49. The van der Waals surface area contributed by atoms with Gasteiger partial charge in [-0.15, -0.1) is 0 Å². The van der Waals surface area contributed by atoms with E-state index in [4.69, 9.17) is 11.6 Å². The van der Waals surface area contributed by atoms with E-state index in [9.17, 15) is 10.1 Å². The monoisotopic (exact) mass is 197 g/mol. The summed E-state index contributed by atoms with van der Waals surface area (Å²) in [5.74, 6) is 0. The van der Waals surface area contributed by atoms with E-state index in [1.165, 1.54) is 6.92 Å². The summed E-state index contributed by atoms with van der Waals surface area (Å²) in [4.78, 5) is 9.89. The second-order valence-electron chi connectivity index (χ2n) is 2.52. The van der Waals surface area contributed by atoms with Crippen LogP contribution in [-0.2, 0) is 0 Å². The minimum atomic E-state index is -0.491. The summed E-state index contributed by atoms with van der Waals surface area (Å²) in [6.45, 7) is 1.38. The van der Waals surface area contributed by atoms with Gasteiger partial charge in [0.25, 0.3) is 5.70 Å². The highest BCUT2D eigenvalue weighted by atomic mass is 35.5. The Morgan fingerprint density at radius 2 is 1.92 bits per heavy atom. The fraction of sp³-hybridized carbons (Fsp3) is 0.111. The van der Waals surface area contributed by atoms with Crippen LogP contribution in [0.5, 0.6) is 0 Å². The van der Waals surface area contributed by atoms with Gasteiger partial charge in [-0.3, -0.25) is 10.1 Å². The van der Waals surface area contributed by atoms with Crippen molar-refractivity contribution < 1.29 is 4.92 Å². The Morgan fingerprint density at radius 3 is 2.38 bits per heavy atom. The van der Waals surface area contributed by atoms with E-state index in [0.29, 0.717) is 5.56 Å². The van der Waals surface area contributed by atoms with Crippen LogP contribution in [0.3, 0.4) is 0 Å². The summed E-state index contributed by atoms with van der Waals surface area (Å²) >= 11 is 5.79. The van der Waals surface area contributed by atoms with Crippen LogP contribution in [0.2, 0.25) is 0 Å². The molecule has 68 valence electrons. The molecule has 0 radical (unpaired) electrons. The molecule has 0 aromatic heterocycles. The lowest BCUT2D eigenvalue weighted by Crippen LogP contribution is -1.95. The Hall–Kier alpha value is -1.35. The summed E-state index contributed by atoms with van der Waals surface area (Å²) in [5, 5.41) is 10.6. The van der Waals surface area contributed by atoms with Crippen molar-refractivity contribution in [2.45, 2.75) is 6.92 Å². The predicted octanol–water partition coefficient (Wildman–Crippen LogP) is 2.89. The summed E-state index contributed by atoms with van der Waals surface area (Å²) < 4.78 is 0. The van der Waals surface area contributed by atoms with Crippen LogP contribution in [0.25, 0.3) is 5.03 Å². The number of rotatable bonds is 2. The van der Waals surface area contributed by atoms with Crippen LogP contribution in [0.15, 0.2) is 36.0 Å². The second kappa shape index (κ2) is 4.05. The van der Waals surface area contributed by atoms with Crippen LogP contribution >= 0.6 is 11.6 Å². The van der Waals surface area contributed by atoms with Crippen molar-refractivity contribution in [3.63, 3.8) is 0 Å². The SMILES string of the molecule is C/C(=C(\Cl)c1ccccc1)[N+](=O)[O-]. The molecule has 0 aliphatic rings. The van der Waals surface area contributed by atoms with E-state index < -0.39 is 4.92 Å². The molecule has 1 rings (SSSR count). The molecule has 0 atom stereocenters. The lowest BCUT2D eigenvalue weighted by Gasteiger charge is -1.97. The maximum atomic E-state index is 10.4. The molecule has 0 N–H and O–H groups in total. The van der Waals surface area contributed by atoms with Crippen LogP contribution in [0.1, 0.15) is 12.5 Å². The molecule has 1 aromatic carbocycles. The van der Waals surface area contributed by atoms with E-state index >= 15 is 0 Å². The van der Waals surface area contributed by atoms with Gasteiger partial charge >= 0.3 is 0 Å². The standard InChI is InChI=1S/C9H8ClNO2/c1-7(11(12)13)9(10)8-5-3-2-4-6-8/h2-6H,1H3/b9-7+. The van der Waals surface area contributed by atoms with Crippen molar-refractivity contribution >= 4 is 16.6 Å². The number of hydrogen-bond donors (Lipinski definition) is 0. The van der Waals surface area contributed by atoms with Crippen molar-refractivity contribution in [3.05, 3.63) is 51.7 Å². The van der Waals surface area contributed by atoms with Gasteiger partial charge in [0.15, 0.2) is 0 Å². The molecular formula is C9H8ClNO2. The van der Waals surface area contributed by atoms with Gasteiger partial charge in [-0.05, 0) is 5.56 Å². The highest BCUT2D eigenvalue weighted by Gasteiger charge is 2.11. The van der Waals surface area contributed by atoms with Gasteiger partial charge in [-0.25, -0.2) is 0 Å². The summed E-state index contributed by atoms with van der Waals surface area (Å²) in [7, 11) is 0. The Labute approximate surface area is 80.8 Å². The average Bonchev–Trinajstić information content (AvgIpc) is 2.17. The van der Waals surface area contributed by atoms with Crippen molar-refractivity contribution in [1.82, 2.24) is 0 Å². The number of benzene rings is 1. The first-order chi connectivity index (χ1) is 6.13. The largest absolute Gasteiger partial charge is 0.262 e. The van der Waals surface area contributed by atoms with Gasteiger partial charge in [0.05, 0.1) is 4.92 Å². The Morgan fingerprint density at radius 1 is 1.38 bits per heavy atom. The Bertz CT molecular complexity index is 346. The fourth-order valence-corrected chi connectivity index (χ4v) is 1.07. The molecule has 0 fully saturated rings. The molecule has 3 nitrogen and oxygen atoms in total. The maximum absolute atomic E-state index is 10.4. The van der Waals surface area contributed by atoms with Crippen LogP contribution in [0, 0.1) is 10.1 Å². The summed E-state index contributed by atoms with van der Waals surface area (Å²) in [5.41, 5.74) is 0.631. The van der Waals surface area contributed by atoms with Crippen LogP contribution in [0.4, 0.5) is 0 Å². The number of nitro groups is 1. The molecule has 0 amide bonds. The zero-order chi connectivity index (χ0) is 9.84. The molecule has 0 aliphatic carbocycles. The van der Waals surface area contributed by atoms with Gasteiger partial charge < -0.3 is 0 Å². The number of halogens is 1. The van der Waals surface area contributed by atoms with Gasteiger partial charge in [-0.1, -0.05) is 41.9 Å². The van der Waals surface area contributed by atoms with Gasteiger partial charge in [-0.2, -0.15) is 0 Å². The highest BCUT2D eigenvalue weighted by Crippen LogP contribution is 2.22. The van der Waals surface area contributed by atoms with E-state index in [1.54, 1.807) is 24.3 Å². The molecule has 1 aromatic rings. The van der Waals surface area contributed by atoms with Crippen molar-refractivity contribution in [1.29, 1.82) is 0 Å². The number of hydrogen-bond acceptors (Lipinski definition) is 2. The maximum Gasteiger partial charge on any atom is 0.262 e.